The number of rotatable bonds is 5. The summed E-state index contributed by atoms with van der Waals surface area (Å²) in [6.45, 7) is 4.23. The predicted molar refractivity (Wildman–Crippen MR) is 160 cm³/mol. The van der Waals surface area contributed by atoms with Crippen LogP contribution in [0.25, 0.3) is 5.69 Å². The first-order valence-corrected chi connectivity index (χ1v) is 15.4. The van der Waals surface area contributed by atoms with Crippen LogP contribution < -0.4 is 5.30 Å². The number of para-hydroxylation sites is 1. The monoisotopic (exact) mass is 637 g/mol. The van der Waals surface area contributed by atoms with E-state index in [1.807, 2.05) is 49.0 Å². The van der Waals surface area contributed by atoms with Gasteiger partial charge in [0.25, 0.3) is 5.69 Å². The molecule has 210 valence electrons. The molecule has 1 unspecified atom stereocenters. The van der Waals surface area contributed by atoms with Gasteiger partial charge >= 0.3 is 0 Å². The molecule has 0 spiro atoms. The summed E-state index contributed by atoms with van der Waals surface area (Å²) in [5.74, 6) is 0.927. The van der Waals surface area contributed by atoms with Gasteiger partial charge in [-0.2, -0.15) is 5.10 Å². The Hall–Kier alpha value is -3.70. The first-order chi connectivity index (χ1) is 19.8. The number of morpholine rings is 1. The molecule has 0 N–H and O–H groups in total. The smallest absolute Gasteiger partial charge is 0.270 e. The normalized spacial score (nSPS) is 19.0. The lowest BCUT2D eigenvalue weighted by Gasteiger charge is -2.46. The van der Waals surface area contributed by atoms with Crippen LogP contribution in [0.4, 0.5) is 21.6 Å². The number of halogens is 2. The number of benzene rings is 3. The Kier molecular flexibility index (Phi) is 7.33. The maximum Gasteiger partial charge on any atom is 0.270 e. The van der Waals surface area contributed by atoms with Gasteiger partial charge in [-0.3, -0.25) is 10.1 Å². The summed E-state index contributed by atoms with van der Waals surface area (Å²) >= 11 is 3.54. The van der Waals surface area contributed by atoms with Gasteiger partial charge in [0.1, 0.15) is 11.7 Å². The molecule has 1 aromatic heterocycles. The number of aliphatic imine (C=N–C) groups is 1. The van der Waals surface area contributed by atoms with Crippen LogP contribution in [0.1, 0.15) is 11.3 Å². The number of hydrogen-bond acceptors (Lipinski definition) is 6. The molecule has 0 radical (unpaired) electrons. The Labute approximate surface area is 244 Å². The molecule has 0 aliphatic carbocycles. The summed E-state index contributed by atoms with van der Waals surface area (Å²) < 4.78 is 32.0. The highest BCUT2D eigenvalue weighted by atomic mass is 79.9. The maximum absolute atomic E-state index is 14.0. The standard InChI is InChI=1S/C28H26BrFN7O3P/c1-19-26-28(36(32-19)22-6-4-3-5-7-22)31-27(20-8-10-21(30)11-9-20)34(2)41(26,35-14-16-40-17-15-35)33-25-13-12-23(37(38)39)18-24(25)29/h3-13,18H,14-17H2,1-2H3. The molecule has 2 aliphatic rings. The Morgan fingerprint density at radius 1 is 1.07 bits per heavy atom. The van der Waals surface area contributed by atoms with Crippen LogP contribution in [0.3, 0.4) is 0 Å². The Morgan fingerprint density at radius 3 is 2.44 bits per heavy atom. The lowest BCUT2D eigenvalue weighted by atomic mass is 10.2. The zero-order valence-corrected chi connectivity index (χ0v) is 24.8. The first-order valence-electron chi connectivity index (χ1n) is 12.9. The number of non-ortho nitro benzene ring substituents is 1. The summed E-state index contributed by atoms with van der Waals surface area (Å²) in [4.78, 5) is 16.2. The van der Waals surface area contributed by atoms with E-state index in [-0.39, 0.29) is 11.5 Å². The lowest BCUT2D eigenvalue weighted by Crippen LogP contribution is -2.45. The van der Waals surface area contributed by atoms with Crippen molar-refractivity contribution in [3.8, 4) is 5.69 Å². The number of nitro benzene ring substituents is 1. The van der Waals surface area contributed by atoms with Crippen molar-refractivity contribution in [3.05, 3.63) is 104 Å². The van der Waals surface area contributed by atoms with Crippen molar-refractivity contribution in [1.29, 1.82) is 0 Å². The van der Waals surface area contributed by atoms with Crippen molar-refractivity contribution in [3.63, 3.8) is 0 Å². The number of aromatic nitrogens is 2. The van der Waals surface area contributed by atoms with E-state index in [0.717, 1.165) is 22.2 Å². The summed E-state index contributed by atoms with van der Waals surface area (Å²) in [5, 5.41) is 17.3. The van der Waals surface area contributed by atoms with Crippen LogP contribution in [0, 0.1) is 22.9 Å². The van der Waals surface area contributed by atoms with Crippen molar-refractivity contribution in [2.24, 2.45) is 9.74 Å². The minimum Gasteiger partial charge on any atom is -0.379 e. The molecular formula is C28H26BrFN7O3P. The summed E-state index contributed by atoms with van der Waals surface area (Å²) in [7, 11) is -0.946. The van der Waals surface area contributed by atoms with E-state index in [1.54, 1.807) is 18.2 Å². The molecule has 6 rings (SSSR count). The fourth-order valence-electron chi connectivity index (χ4n) is 5.20. The summed E-state index contributed by atoms with van der Waals surface area (Å²) in [6.07, 6.45) is 0. The second-order valence-electron chi connectivity index (χ2n) is 9.60. The highest BCUT2D eigenvalue weighted by molar-refractivity contribution is 9.10. The van der Waals surface area contributed by atoms with Crippen molar-refractivity contribution >= 4 is 51.6 Å². The van der Waals surface area contributed by atoms with Crippen LogP contribution >= 0.6 is 23.3 Å². The average Bonchev–Trinajstić information content (AvgIpc) is 3.33. The van der Waals surface area contributed by atoms with E-state index >= 15 is 0 Å². The topological polar surface area (TPSA) is 101 Å². The van der Waals surface area contributed by atoms with Crippen molar-refractivity contribution in [1.82, 2.24) is 19.1 Å². The molecular weight excluding hydrogens is 612 g/mol. The average molecular weight is 638 g/mol. The largest absolute Gasteiger partial charge is 0.379 e. The highest BCUT2D eigenvalue weighted by Gasteiger charge is 2.45. The Bertz CT molecular complexity index is 1720. The minimum atomic E-state index is -2.90. The molecule has 1 atom stereocenters. The van der Waals surface area contributed by atoms with Gasteiger partial charge in [-0.15, -0.1) is 0 Å². The fourth-order valence-corrected chi connectivity index (χ4v) is 9.63. The molecule has 0 saturated carbocycles. The van der Waals surface area contributed by atoms with Crippen LogP contribution in [0.5, 0.6) is 0 Å². The summed E-state index contributed by atoms with van der Waals surface area (Å²) in [6, 6.07) is 20.6. The Morgan fingerprint density at radius 2 is 1.78 bits per heavy atom. The van der Waals surface area contributed by atoms with Gasteiger partial charge in [0, 0.05) is 37.8 Å². The number of ether oxygens (including phenoxy) is 1. The molecule has 1 saturated heterocycles. The van der Waals surface area contributed by atoms with Gasteiger partial charge in [-0.1, -0.05) is 18.2 Å². The van der Waals surface area contributed by atoms with Gasteiger partial charge in [-0.25, -0.2) is 23.5 Å². The van der Waals surface area contributed by atoms with Crippen LogP contribution in [-0.4, -0.2) is 63.2 Å². The molecule has 41 heavy (non-hydrogen) atoms. The molecule has 2 aliphatic heterocycles. The molecule has 0 bridgehead atoms. The first kappa shape index (κ1) is 27.5. The van der Waals surface area contributed by atoms with Crippen molar-refractivity contribution < 1.29 is 14.1 Å². The second-order valence-corrected chi connectivity index (χ2v) is 13.4. The third-order valence-corrected chi connectivity index (χ3v) is 11.6. The number of aryl methyl sites for hydroxylation is 1. The molecule has 0 amide bonds. The number of nitrogens with zero attached hydrogens (tertiary/aromatic N) is 7. The second kappa shape index (κ2) is 10.9. The highest BCUT2D eigenvalue weighted by Crippen LogP contribution is 2.62. The quantitative estimate of drug-likeness (QED) is 0.144. The van der Waals surface area contributed by atoms with E-state index < -0.39 is 12.3 Å². The van der Waals surface area contributed by atoms with Crippen LogP contribution in [-0.2, 0) is 4.74 Å². The van der Waals surface area contributed by atoms with Gasteiger partial charge in [0.15, 0.2) is 13.2 Å². The van der Waals surface area contributed by atoms with E-state index in [2.05, 4.69) is 25.3 Å². The van der Waals surface area contributed by atoms with Crippen molar-refractivity contribution in [2.45, 2.75) is 6.92 Å². The number of amidine groups is 1. The zero-order chi connectivity index (χ0) is 28.7. The van der Waals surface area contributed by atoms with Gasteiger partial charge in [0.05, 0.1) is 45.0 Å². The molecule has 3 aromatic carbocycles. The molecule has 1 fully saturated rings. The fraction of sp³-hybridized carbons (Fsp3) is 0.214. The minimum absolute atomic E-state index is 0.0334. The third-order valence-electron chi connectivity index (χ3n) is 7.12. The zero-order valence-electron chi connectivity index (χ0n) is 22.3. The van der Waals surface area contributed by atoms with E-state index in [9.17, 15) is 14.5 Å². The maximum atomic E-state index is 14.0. The van der Waals surface area contributed by atoms with Gasteiger partial charge < -0.3 is 9.41 Å². The predicted octanol–water partition coefficient (Wildman–Crippen LogP) is 6.33. The molecule has 4 aromatic rings. The Balaban J connectivity index is 1.70. The number of fused-ring (bicyclic) bond motifs is 1. The SMILES string of the molecule is Cc1nn(-c2ccccc2)c2c1P(=Nc1ccc([N+](=O)[O-])cc1Br)(N1CCOCC1)N(C)C(c1ccc(F)cc1)=N2. The summed E-state index contributed by atoms with van der Waals surface area (Å²) in [5.41, 5.74) is 2.89. The molecule has 13 heteroatoms. The number of hydrogen-bond donors (Lipinski definition) is 0. The van der Waals surface area contributed by atoms with E-state index in [4.69, 9.17) is 19.6 Å². The molecule has 10 nitrogen and oxygen atoms in total. The van der Waals surface area contributed by atoms with Gasteiger partial charge in [-0.05, 0) is 65.3 Å². The van der Waals surface area contributed by atoms with Crippen molar-refractivity contribution in [2.75, 3.05) is 33.4 Å². The molecule has 3 heterocycles. The van der Waals surface area contributed by atoms with E-state index in [0.29, 0.717) is 48.1 Å². The third kappa shape index (κ3) is 4.80. The van der Waals surface area contributed by atoms with E-state index in [1.165, 1.54) is 24.3 Å². The van der Waals surface area contributed by atoms with Gasteiger partial charge in [0.2, 0.25) is 0 Å². The van der Waals surface area contributed by atoms with Crippen LogP contribution in [0.2, 0.25) is 0 Å². The number of nitro groups is 1. The lowest BCUT2D eigenvalue weighted by molar-refractivity contribution is -0.384. The van der Waals surface area contributed by atoms with Crippen LogP contribution in [0.15, 0.2) is 87.0 Å².